The molecule has 1 aromatic heterocycles. The average Bonchev–Trinajstić information content (AvgIpc) is 2.31. The van der Waals surface area contributed by atoms with Crippen LogP contribution in [0.1, 0.15) is 12.2 Å². The highest BCUT2D eigenvalue weighted by Gasteiger charge is 1.99. The van der Waals surface area contributed by atoms with Crippen molar-refractivity contribution in [1.29, 1.82) is 0 Å². The van der Waals surface area contributed by atoms with Crippen LogP contribution in [0.15, 0.2) is 12.4 Å². The van der Waals surface area contributed by atoms with E-state index in [4.69, 9.17) is 5.11 Å². The summed E-state index contributed by atoms with van der Waals surface area (Å²) < 4.78 is 1.81. The Labute approximate surface area is 70.0 Å². The van der Waals surface area contributed by atoms with Crippen LogP contribution < -0.4 is 0 Å². The first-order valence-corrected chi connectivity index (χ1v) is 3.39. The molecule has 1 rings (SSSR count). The Balaban J connectivity index is 0.00000121. The largest absolute Gasteiger partial charge is 0.481 e. The number of carboxylic acids is 1. The Morgan fingerprint density at radius 2 is 2.42 bits per heavy atom. The van der Waals surface area contributed by atoms with Crippen LogP contribution >= 0.6 is 0 Å². The van der Waals surface area contributed by atoms with Gasteiger partial charge in [-0.1, -0.05) is 0 Å². The van der Waals surface area contributed by atoms with Gasteiger partial charge in [-0.2, -0.15) is 0 Å². The van der Waals surface area contributed by atoms with Gasteiger partial charge in [0.25, 0.3) is 0 Å². The Kier molecular flexibility index (Phi) is 3.99. The quantitative estimate of drug-likeness (QED) is 0.687. The summed E-state index contributed by atoms with van der Waals surface area (Å²) in [5.74, 6) is 0.0735. The maximum Gasteiger partial charge on any atom is 0.305 e. The zero-order chi connectivity index (χ0) is 8.27. The number of imidazole rings is 1. The number of carbonyl (C=O) groups is 1. The second kappa shape index (κ2) is 4.50. The molecule has 0 bridgehead atoms. The van der Waals surface area contributed by atoms with Gasteiger partial charge in [0.15, 0.2) is 0 Å². The first-order chi connectivity index (χ1) is 5.20. The Morgan fingerprint density at radius 1 is 1.75 bits per heavy atom. The van der Waals surface area contributed by atoms with Crippen LogP contribution in [0.4, 0.5) is 0 Å². The molecule has 0 atom stereocenters. The van der Waals surface area contributed by atoms with Gasteiger partial charge in [0.1, 0.15) is 5.82 Å². The lowest BCUT2D eigenvalue weighted by Gasteiger charge is -2.00. The molecule has 0 aliphatic heterocycles. The van der Waals surface area contributed by atoms with Gasteiger partial charge < -0.3 is 15.1 Å². The van der Waals surface area contributed by atoms with Crippen LogP contribution in [0.2, 0.25) is 0 Å². The Morgan fingerprint density at radius 3 is 2.83 bits per heavy atom. The fourth-order valence-corrected chi connectivity index (χ4v) is 0.856. The molecule has 0 spiro atoms. The monoisotopic (exact) mass is 172 g/mol. The van der Waals surface area contributed by atoms with E-state index in [1.165, 1.54) is 0 Å². The third kappa shape index (κ3) is 2.71. The van der Waals surface area contributed by atoms with Gasteiger partial charge in [-0.25, -0.2) is 4.98 Å². The minimum Gasteiger partial charge on any atom is -0.481 e. The van der Waals surface area contributed by atoms with Crippen molar-refractivity contribution in [3.8, 4) is 0 Å². The number of aromatic nitrogens is 2. The molecule has 0 saturated carbocycles. The van der Waals surface area contributed by atoms with Crippen molar-refractivity contribution in [2.75, 3.05) is 0 Å². The summed E-state index contributed by atoms with van der Waals surface area (Å²) >= 11 is 0. The normalized spacial score (nSPS) is 9.08. The standard InChI is InChI=1S/C7H10N2O2.H2O/c1-6-8-3-5-9(6)4-2-7(10)11;/h3,5H,2,4H2,1H3,(H,10,11);1H2. The Hall–Kier alpha value is -1.36. The van der Waals surface area contributed by atoms with Crippen LogP contribution in [-0.4, -0.2) is 26.1 Å². The second-order valence-corrected chi connectivity index (χ2v) is 2.31. The van der Waals surface area contributed by atoms with Crippen molar-refractivity contribution < 1.29 is 15.4 Å². The van der Waals surface area contributed by atoms with Crippen LogP contribution in [-0.2, 0) is 11.3 Å². The van der Waals surface area contributed by atoms with E-state index in [-0.39, 0.29) is 11.9 Å². The average molecular weight is 172 g/mol. The molecule has 5 nitrogen and oxygen atoms in total. The summed E-state index contributed by atoms with van der Waals surface area (Å²) in [7, 11) is 0. The van der Waals surface area contributed by atoms with Crippen molar-refractivity contribution in [1.82, 2.24) is 9.55 Å². The second-order valence-electron chi connectivity index (χ2n) is 2.31. The zero-order valence-corrected chi connectivity index (χ0v) is 6.82. The highest BCUT2D eigenvalue weighted by Crippen LogP contribution is 1.96. The molecule has 0 aliphatic rings. The van der Waals surface area contributed by atoms with Crippen LogP contribution in [0.5, 0.6) is 0 Å². The molecule has 3 N–H and O–H groups in total. The molecule has 68 valence electrons. The minimum absolute atomic E-state index is 0. The third-order valence-electron chi connectivity index (χ3n) is 1.49. The van der Waals surface area contributed by atoms with Crippen molar-refractivity contribution in [2.45, 2.75) is 19.9 Å². The molecule has 0 saturated heterocycles. The summed E-state index contributed by atoms with van der Waals surface area (Å²) in [5, 5.41) is 8.37. The van der Waals surface area contributed by atoms with Crippen LogP contribution in [0, 0.1) is 6.92 Å². The molecule has 0 fully saturated rings. The van der Waals surface area contributed by atoms with Crippen molar-refractivity contribution >= 4 is 5.97 Å². The fourth-order valence-electron chi connectivity index (χ4n) is 0.856. The smallest absolute Gasteiger partial charge is 0.305 e. The van der Waals surface area contributed by atoms with Gasteiger partial charge in [-0.05, 0) is 6.92 Å². The first-order valence-electron chi connectivity index (χ1n) is 3.39. The highest BCUT2D eigenvalue weighted by molar-refractivity contribution is 5.66. The predicted molar refractivity (Wildman–Crippen MR) is 42.8 cm³/mol. The topological polar surface area (TPSA) is 86.6 Å². The van der Waals surface area contributed by atoms with Gasteiger partial charge in [-0.3, -0.25) is 4.79 Å². The molecule has 0 radical (unpaired) electrons. The molecule has 12 heavy (non-hydrogen) atoms. The number of hydrogen-bond acceptors (Lipinski definition) is 2. The van der Waals surface area contributed by atoms with Crippen molar-refractivity contribution in [2.24, 2.45) is 0 Å². The molecule has 0 aliphatic carbocycles. The number of hydrogen-bond donors (Lipinski definition) is 1. The fraction of sp³-hybridized carbons (Fsp3) is 0.429. The van der Waals surface area contributed by atoms with Gasteiger partial charge >= 0.3 is 5.97 Å². The summed E-state index contributed by atoms with van der Waals surface area (Å²) in [6.45, 7) is 2.35. The first kappa shape index (κ1) is 10.6. The van der Waals surface area contributed by atoms with E-state index in [1.54, 1.807) is 12.4 Å². The molecule has 1 aromatic rings. The van der Waals surface area contributed by atoms with E-state index < -0.39 is 5.97 Å². The highest BCUT2D eigenvalue weighted by atomic mass is 16.4. The van der Waals surface area contributed by atoms with E-state index in [0.29, 0.717) is 6.54 Å². The number of aliphatic carboxylic acids is 1. The maximum absolute atomic E-state index is 10.2. The molecule has 0 unspecified atom stereocenters. The summed E-state index contributed by atoms with van der Waals surface area (Å²) in [6.07, 6.45) is 3.59. The summed E-state index contributed by atoms with van der Waals surface area (Å²) in [5.41, 5.74) is 0. The molecule has 0 aromatic carbocycles. The molecular weight excluding hydrogens is 160 g/mol. The number of nitrogens with zero attached hydrogens (tertiary/aromatic N) is 2. The van der Waals surface area contributed by atoms with E-state index in [0.717, 1.165) is 5.82 Å². The zero-order valence-electron chi connectivity index (χ0n) is 6.82. The number of aryl methyl sites for hydroxylation is 2. The molecule has 5 heteroatoms. The lowest BCUT2D eigenvalue weighted by Crippen LogP contribution is -2.04. The van der Waals surface area contributed by atoms with Crippen LogP contribution in [0.25, 0.3) is 0 Å². The predicted octanol–water partition coefficient (Wildman–Crippen LogP) is -0.158. The van der Waals surface area contributed by atoms with Crippen molar-refractivity contribution in [3.63, 3.8) is 0 Å². The van der Waals surface area contributed by atoms with E-state index in [2.05, 4.69) is 4.98 Å². The van der Waals surface area contributed by atoms with E-state index in [9.17, 15) is 4.79 Å². The van der Waals surface area contributed by atoms with Gasteiger partial charge in [0, 0.05) is 18.9 Å². The molecule has 0 amide bonds. The van der Waals surface area contributed by atoms with Gasteiger partial charge in [0.05, 0.1) is 6.42 Å². The lowest BCUT2D eigenvalue weighted by molar-refractivity contribution is -0.137. The van der Waals surface area contributed by atoms with Gasteiger partial charge in [-0.15, -0.1) is 0 Å². The SMILES string of the molecule is Cc1nccn1CCC(=O)O.O. The maximum atomic E-state index is 10.2. The van der Waals surface area contributed by atoms with Crippen molar-refractivity contribution in [3.05, 3.63) is 18.2 Å². The molecular formula is C7H12N2O3. The number of rotatable bonds is 3. The minimum atomic E-state index is -0.780. The third-order valence-corrected chi connectivity index (χ3v) is 1.49. The van der Waals surface area contributed by atoms with Gasteiger partial charge in [0.2, 0.25) is 0 Å². The lowest BCUT2D eigenvalue weighted by atomic mass is 10.4. The summed E-state index contributed by atoms with van der Waals surface area (Å²) in [4.78, 5) is 14.1. The summed E-state index contributed by atoms with van der Waals surface area (Å²) in [6, 6.07) is 0. The molecule has 1 heterocycles. The van der Waals surface area contributed by atoms with Crippen LogP contribution in [0.3, 0.4) is 0 Å². The number of carboxylic acid groups (broad SMARTS) is 1. The van der Waals surface area contributed by atoms with E-state index >= 15 is 0 Å². The van der Waals surface area contributed by atoms with E-state index in [1.807, 2.05) is 11.5 Å². The Bertz CT molecular complexity index is 257.